The van der Waals surface area contributed by atoms with E-state index < -0.39 is 0 Å². The highest BCUT2D eigenvalue weighted by Crippen LogP contribution is 2.11. The Bertz CT molecular complexity index is 106. The van der Waals surface area contributed by atoms with Gasteiger partial charge in [-0.25, -0.2) is 0 Å². The van der Waals surface area contributed by atoms with E-state index in [1.54, 1.807) is 0 Å². The zero-order chi connectivity index (χ0) is 8.27. The van der Waals surface area contributed by atoms with Crippen LogP contribution in [0.5, 0.6) is 0 Å². The van der Waals surface area contributed by atoms with Gasteiger partial charge in [0.05, 0.1) is 6.17 Å². The van der Waals surface area contributed by atoms with Crippen molar-refractivity contribution in [2.75, 3.05) is 27.2 Å². The van der Waals surface area contributed by atoms with Crippen molar-refractivity contribution in [1.82, 2.24) is 9.80 Å². The second-order valence-corrected chi connectivity index (χ2v) is 3.50. The van der Waals surface area contributed by atoms with E-state index in [9.17, 15) is 0 Å². The van der Waals surface area contributed by atoms with E-state index in [1.807, 2.05) is 0 Å². The van der Waals surface area contributed by atoms with E-state index in [0.717, 1.165) is 0 Å². The zero-order valence-corrected chi connectivity index (χ0v) is 7.88. The van der Waals surface area contributed by atoms with Crippen LogP contribution < -0.4 is 0 Å². The zero-order valence-electron chi connectivity index (χ0n) is 7.88. The van der Waals surface area contributed by atoms with E-state index >= 15 is 0 Å². The molecular weight excluding hydrogens is 136 g/mol. The lowest BCUT2D eigenvalue weighted by Crippen LogP contribution is -2.45. The molecule has 1 saturated heterocycles. The summed E-state index contributed by atoms with van der Waals surface area (Å²) in [5, 5.41) is 0. The third kappa shape index (κ3) is 2.46. The lowest BCUT2D eigenvalue weighted by atomic mass is 10.1. The van der Waals surface area contributed by atoms with Crippen molar-refractivity contribution in [3.05, 3.63) is 6.42 Å². The first-order valence-corrected chi connectivity index (χ1v) is 4.44. The van der Waals surface area contributed by atoms with Gasteiger partial charge < -0.3 is 0 Å². The van der Waals surface area contributed by atoms with Gasteiger partial charge in [-0.3, -0.25) is 9.80 Å². The molecule has 11 heavy (non-hydrogen) atoms. The summed E-state index contributed by atoms with van der Waals surface area (Å²) in [6, 6.07) is 0. The molecule has 65 valence electrons. The molecule has 0 aromatic carbocycles. The minimum absolute atomic E-state index is 0.601. The molecule has 0 aromatic heterocycles. The Morgan fingerprint density at radius 1 is 1.27 bits per heavy atom. The third-order valence-corrected chi connectivity index (χ3v) is 2.52. The second-order valence-electron chi connectivity index (χ2n) is 3.50. The predicted octanol–water partition coefficient (Wildman–Crippen LogP) is 1.19. The molecule has 0 spiro atoms. The molecule has 1 aliphatic rings. The molecule has 2 nitrogen and oxygen atoms in total. The van der Waals surface area contributed by atoms with Crippen LogP contribution in [0.3, 0.4) is 0 Å². The smallest absolute Gasteiger partial charge is 0.0588 e. The molecule has 1 radical (unpaired) electrons. The maximum absolute atomic E-state index is 2.53. The van der Waals surface area contributed by atoms with E-state index in [4.69, 9.17) is 0 Å². The van der Waals surface area contributed by atoms with Crippen molar-refractivity contribution in [2.24, 2.45) is 0 Å². The lowest BCUT2D eigenvalue weighted by Gasteiger charge is -2.35. The standard InChI is InChI=1S/C9H19N2/c1-9(10(2)3)11-7-5-4-6-8-11/h4,9H,5-8H2,1-3H3. The van der Waals surface area contributed by atoms with Gasteiger partial charge >= 0.3 is 0 Å². The van der Waals surface area contributed by atoms with Crippen LogP contribution >= 0.6 is 0 Å². The fourth-order valence-corrected chi connectivity index (χ4v) is 1.47. The van der Waals surface area contributed by atoms with Gasteiger partial charge in [-0.15, -0.1) is 0 Å². The van der Waals surface area contributed by atoms with Crippen LogP contribution in [0.25, 0.3) is 0 Å². The van der Waals surface area contributed by atoms with Crippen molar-refractivity contribution in [2.45, 2.75) is 25.9 Å². The van der Waals surface area contributed by atoms with Crippen LogP contribution in [0.15, 0.2) is 0 Å². The highest BCUT2D eigenvalue weighted by molar-refractivity contribution is 4.78. The van der Waals surface area contributed by atoms with E-state index in [2.05, 4.69) is 37.2 Å². The Labute approximate surface area is 70.2 Å². The lowest BCUT2D eigenvalue weighted by molar-refractivity contribution is 0.0851. The molecular formula is C9H19N2. The van der Waals surface area contributed by atoms with Crippen molar-refractivity contribution < 1.29 is 0 Å². The Balaban J connectivity index is 2.32. The minimum atomic E-state index is 0.601. The SMILES string of the molecule is CC(N(C)C)N1CC[CH]CC1. The minimum Gasteiger partial charge on any atom is -0.294 e. The molecule has 2 heteroatoms. The van der Waals surface area contributed by atoms with Crippen LogP contribution in [-0.4, -0.2) is 43.2 Å². The van der Waals surface area contributed by atoms with Crippen LogP contribution in [-0.2, 0) is 0 Å². The maximum Gasteiger partial charge on any atom is 0.0588 e. The topological polar surface area (TPSA) is 6.48 Å². The van der Waals surface area contributed by atoms with Gasteiger partial charge in [0.15, 0.2) is 0 Å². The van der Waals surface area contributed by atoms with E-state index in [0.29, 0.717) is 6.17 Å². The number of rotatable bonds is 2. The summed E-state index contributed by atoms with van der Waals surface area (Å²) >= 11 is 0. The van der Waals surface area contributed by atoms with Gasteiger partial charge in [-0.05, 0) is 53.4 Å². The summed E-state index contributed by atoms with van der Waals surface area (Å²) in [5.74, 6) is 0. The van der Waals surface area contributed by atoms with Crippen LogP contribution in [0.2, 0.25) is 0 Å². The number of piperidine rings is 1. The van der Waals surface area contributed by atoms with Gasteiger partial charge in [-0.2, -0.15) is 0 Å². The molecule has 0 aromatic rings. The molecule has 0 aliphatic carbocycles. The summed E-state index contributed by atoms with van der Waals surface area (Å²) in [7, 11) is 4.28. The Morgan fingerprint density at radius 2 is 1.82 bits per heavy atom. The fourth-order valence-electron chi connectivity index (χ4n) is 1.47. The predicted molar refractivity (Wildman–Crippen MR) is 48.3 cm³/mol. The molecule has 1 heterocycles. The van der Waals surface area contributed by atoms with Crippen LogP contribution in [0.4, 0.5) is 0 Å². The van der Waals surface area contributed by atoms with Gasteiger partial charge in [0.2, 0.25) is 0 Å². The Kier molecular flexibility index (Phi) is 3.34. The van der Waals surface area contributed by atoms with Crippen molar-refractivity contribution in [3.63, 3.8) is 0 Å². The van der Waals surface area contributed by atoms with Crippen LogP contribution in [0, 0.1) is 6.42 Å². The molecule has 0 N–H and O–H groups in total. The largest absolute Gasteiger partial charge is 0.294 e. The summed E-state index contributed by atoms with van der Waals surface area (Å²) in [6.45, 7) is 4.74. The first-order valence-electron chi connectivity index (χ1n) is 4.44. The van der Waals surface area contributed by atoms with Gasteiger partial charge in [0.25, 0.3) is 0 Å². The fraction of sp³-hybridized carbons (Fsp3) is 0.889. The third-order valence-electron chi connectivity index (χ3n) is 2.52. The second kappa shape index (κ2) is 4.07. The molecule has 1 rings (SSSR count). The Hall–Kier alpha value is -0.0800. The first-order chi connectivity index (χ1) is 5.22. The maximum atomic E-state index is 2.53. The number of nitrogens with zero attached hydrogens (tertiary/aromatic N) is 2. The number of likely N-dealkylation sites (tertiary alicyclic amines) is 1. The summed E-state index contributed by atoms with van der Waals surface area (Å²) in [6.07, 6.45) is 5.51. The summed E-state index contributed by atoms with van der Waals surface area (Å²) in [5.41, 5.74) is 0. The average molecular weight is 155 g/mol. The van der Waals surface area contributed by atoms with Gasteiger partial charge in [0.1, 0.15) is 0 Å². The van der Waals surface area contributed by atoms with Crippen molar-refractivity contribution >= 4 is 0 Å². The highest BCUT2D eigenvalue weighted by atomic mass is 15.3. The normalized spacial score (nSPS) is 24.0. The molecule has 1 fully saturated rings. The molecule has 0 saturated carbocycles. The van der Waals surface area contributed by atoms with Gasteiger partial charge in [0, 0.05) is 0 Å². The summed E-state index contributed by atoms with van der Waals surface area (Å²) in [4.78, 5) is 4.80. The van der Waals surface area contributed by atoms with Crippen LogP contribution in [0.1, 0.15) is 19.8 Å². The Morgan fingerprint density at radius 3 is 2.27 bits per heavy atom. The van der Waals surface area contributed by atoms with E-state index in [-0.39, 0.29) is 0 Å². The molecule has 0 bridgehead atoms. The molecule has 1 unspecified atom stereocenters. The van der Waals surface area contributed by atoms with Gasteiger partial charge in [-0.1, -0.05) is 0 Å². The molecule has 1 atom stereocenters. The molecule has 0 amide bonds. The monoisotopic (exact) mass is 155 g/mol. The number of hydrogen-bond acceptors (Lipinski definition) is 2. The van der Waals surface area contributed by atoms with E-state index in [1.165, 1.54) is 25.9 Å². The highest BCUT2D eigenvalue weighted by Gasteiger charge is 2.17. The first kappa shape index (κ1) is 9.01. The van der Waals surface area contributed by atoms with Crippen molar-refractivity contribution in [3.8, 4) is 0 Å². The number of hydrogen-bond donors (Lipinski definition) is 0. The average Bonchev–Trinajstić information content (AvgIpc) is 2.05. The van der Waals surface area contributed by atoms with Crippen molar-refractivity contribution in [1.29, 1.82) is 0 Å². The summed E-state index contributed by atoms with van der Waals surface area (Å²) < 4.78 is 0. The molecule has 1 aliphatic heterocycles. The quantitative estimate of drug-likeness (QED) is 0.591.